The molecule has 2 N–H and O–H groups in total. The number of phenols is 1. The summed E-state index contributed by atoms with van der Waals surface area (Å²) in [5.41, 5.74) is 0.831. The van der Waals surface area contributed by atoms with E-state index in [9.17, 15) is 18.1 Å². The predicted octanol–water partition coefficient (Wildman–Crippen LogP) is 5.33. The number of hydrogen-bond acceptors (Lipinski definition) is 4. The number of unbranched alkanes of at least 4 members (excludes halogenated alkanes) is 5. The Balaban J connectivity index is 2.11. The minimum absolute atomic E-state index is 0.0132. The van der Waals surface area contributed by atoms with Crippen molar-refractivity contribution in [1.82, 2.24) is 0 Å². The summed E-state index contributed by atoms with van der Waals surface area (Å²) in [6.07, 6.45) is 7.65. The highest BCUT2D eigenvalue weighted by molar-refractivity contribution is 7.86. The van der Waals surface area contributed by atoms with Gasteiger partial charge in [0.25, 0.3) is 10.1 Å². The molecule has 5 nitrogen and oxygen atoms in total. The molecular weight excluding hydrogens is 352 g/mol. The van der Waals surface area contributed by atoms with Crippen LogP contribution >= 0.6 is 0 Å². The molecule has 0 aliphatic heterocycles. The van der Waals surface area contributed by atoms with E-state index in [1.54, 1.807) is 18.2 Å². The van der Waals surface area contributed by atoms with Gasteiger partial charge < -0.3 is 9.84 Å². The predicted molar refractivity (Wildman–Crippen MR) is 102 cm³/mol. The van der Waals surface area contributed by atoms with E-state index in [1.807, 2.05) is 0 Å². The van der Waals surface area contributed by atoms with E-state index >= 15 is 0 Å². The molecule has 0 fully saturated rings. The Labute approximate surface area is 155 Å². The molecule has 2 aromatic rings. The van der Waals surface area contributed by atoms with Crippen LogP contribution in [0.5, 0.6) is 17.2 Å². The molecule has 0 bridgehead atoms. The molecule has 0 aromatic heterocycles. The zero-order valence-corrected chi connectivity index (χ0v) is 15.8. The molecule has 0 atom stereocenters. The highest BCUT2D eigenvalue weighted by atomic mass is 32.2. The SMILES string of the molecule is CCCCCCCCc1ccc(Oc2ccccc2O)c(S(=O)(=O)O)c1. The van der Waals surface area contributed by atoms with Crippen molar-refractivity contribution >= 4 is 10.1 Å². The highest BCUT2D eigenvalue weighted by Crippen LogP contribution is 2.34. The molecule has 0 radical (unpaired) electrons. The normalized spacial score (nSPS) is 11.5. The van der Waals surface area contributed by atoms with Crippen molar-refractivity contribution in [1.29, 1.82) is 0 Å². The molecule has 0 saturated carbocycles. The van der Waals surface area contributed by atoms with Crippen LogP contribution in [0.1, 0.15) is 51.0 Å². The minimum Gasteiger partial charge on any atom is -0.504 e. The zero-order valence-electron chi connectivity index (χ0n) is 15.0. The van der Waals surface area contributed by atoms with Gasteiger partial charge in [0.1, 0.15) is 10.6 Å². The molecule has 0 saturated heterocycles. The van der Waals surface area contributed by atoms with Gasteiger partial charge in [-0.25, -0.2) is 0 Å². The Bertz CT molecular complexity index is 815. The second-order valence-electron chi connectivity index (χ2n) is 6.34. The number of rotatable bonds is 10. The summed E-state index contributed by atoms with van der Waals surface area (Å²) < 4.78 is 38.5. The van der Waals surface area contributed by atoms with E-state index in [2.05, 4.69) is 6.92 Å². The van der Waals surface area contributed by atoms with E-state index in [-0.39, 0.29) is 22.1 Å². The summed E-state index contributed by atoms with van der Waals surface area (Å²) in [5, 5.41) is 9.79. The first-order valence-electron chi connectivity index (χ1n) is 8.98. The maximum Gasteiger partial charge on any atom is 0.298 e. The Morgan fingerprint density at radius 2 is 1.62 bits per heavy atom. The summed E-state index contributed by atoms with van der Waals surface area (Å²) in [6.45, 7) is 2.18. The molecule has 0 aliphatic rings. The Hall–Kier alpha value is -2.05. The molecular formula is C20H26O5S. The Kier molecular flexibility index (Phi) is 7.48. The van der Waals surface area contributed by atoms with Crippen molar-refractivity contribution < 1.29 is 22.8 Å². The quantitative estimate of drug-likeness (QED) is 0.431. The molecule has 2 aromatic carbocycles. The van der Waals surface area contributed by atoms with E-state index in [0.717, 1.165) is 24.8 Å². The van der Waals surface area contributed by atoms with E-state index in [0.29, 0.717) is 0 Å². The molecule has 0 amide bonds. The van der Waals surface area contributed by atoms with Crippen LogP contribution in [0.4, 0.5) is 0 Å². The molecule has 2 rings (SSSR count). The number of benzene rings is 2. The zero-order chi connectivity index (χ0) is 19.0. The molecule has 26 heavy (non-hydrogen) atoms. The standard InChI is InChI=1S/C20H26O5S/c1-2-3-4-5-6-7-10-16-13-14-19(20(15-16)26(22,23)24)25-18-12-9-8-11-17(18)21/h8-9,11-15,21H,2-7,10H2,1H3,(H,22,23,24). The van der Waals surface area contributed by atoms with Gasteiger partial charge in [0.15, 0.2) is 11.5 Å². The number of para-hydroxylation sites is 2. The maximum absolute atomic E-state index is 11.7. The Morgan fingerprint density at radius 1 is 0.923 bits per heavy atom. The van der Waals surface area contributed by atoms with Crippen molar-refractivity contribution in [3.63, 3.8) is 0 Å². The van der Waals surface area contributed by atoms with E-state index < -0.39 is 10.1 Å². The van der Waals surface area contributed by atoms with Crippen LogP contribution in [0.25, 0.3) is 0 Å². The van der Waals surface area contributed by atoms with Gasteiger partial charge in [0.2, 0.25) is 0 Å². The summed E-state index contributed by atoms with van der Waals surface area (Å²) in [4.78, 5) is -0.288. The van der Waals surface area contributed by atoms with Crippen LogP contribution < -0.4 is 4.74 Å². The van der Waals surface area contributed by atoms with Gasteiger partial charge in [0.05, 0.1) is 0 Å². The smallest absolute Gasteiger partial charge is 0.298 e. The van der Waals surface area contributed by atoms with Crippen LogP contribution in [0.3, 0.4) is 0 Å². The number of hydrogen-bond donors (Lipinski definition) is 2. The summed E-state index contributed by atoms with van der Waals surface area (Å²) in [5.74, 6) is 0.00622. The first-order chi connectivity index (χ1) is 12.4. The average Bonchev–Trinajstić information content (AvgIpc) is 2.60. The van der Waals surface area contributed by atoms with Crippen molar-refractivity contribution in [2.24, 2.45) is 0 Å². The lowest BCUT2D eigenvalue weighted by molar-refractivity contribution is 0.402. The highest BCUT2D eigenvalue weighted by Gasteiger charge is 2.19. The average molecular weight is 378 g/mol. The van der Waals surface area contributed by atoms with Crippen LogP contribution in [0.15, 0.2) is 47.4 Å². The molecule has 6 heteroatoms. The molecule has 142 valence electrons. The van der Waals surface area contributed by atoms with Crippen molar-refractivity contribution in [3.05, 3.63) is 48.0 Å². The number of aryl methyl sites for hydroxylation is 1. The van der Waals surface area contributed by atoms with Crippen molar-refractivity contribution in [2.75, 3.05) is 0 Å². The van der Waals surface area contributed by atoms with E-state index in [1.165, 1.54) is 49.9 Å². The lowest BCUT2D eigenvalue weighted by Gasteiger charge is -2.12. The number of aromatic hydroxyl groups is 1. The third-order valence-corrected chi connectivity index (χ3v) is 5.07. The first-order valence-corrected chi connectivity index (χ1v) is 10.4. The molecule has 0 heterocycles. The first kappa shape index (κ1) is 20.3. The largest absolute Gasteiger partial charge is 0.504 e. The fourth-order valence-electron chi connectivity index (χ4n) is 2.77. The van der Waals surface area contributed by atoms with Crippen LogP contribution in [-0.2, 0) is 16.5 Å². The monoisotopic (exact) mass is 378 g/mol. The van der Waals surface area contributed by atoms with Gasteiger partial charge in [-0.15, -0.1) is 0 Å². The molecule has 0 aliphatic carbocycles. The van der Waals surface area contributed by atoms with Crippen LogP contribution in [0.2, 0.25) is 0 Å². The third-order valence-electron chi connectivity index (χ3n) is 4.19. The maximum atomic E-state index is 11.7. The Morgan fingerprint density at radius 3 is 2.31 bits per heavy atom. The van der Waals surface area contributed by atoms with Gasteiger partial charge in [0, 0.05) is 0 Å². The van der Waals surface area contributed by atoms with Crippen molar-refractivity contribution in [3.8, 4) is 17.2 Å². The van der Waals surface area contributed by atoms with Gasteiger partial charge in [-0.05, 0) is 42.7 Å². The van der Waals surface area contributed by atoms with Crippen molar-refractivity contribution in [2.45, 2.75) is 56.8 Å². The summed E-state index contributed by atoms with van der Waals surface area (Å²) >= 11 is 0. The third kappa shape index (κ3) is 6.04. The second-order valence-corrected chi connectivity index (χ2v) is 7.73. The van der Waals surface area contributed by atoms with Gasteiger partial charge in [-0.1, -0.05) is 57.2 Å². The topological polar surface area (TPSA) is 83.8 Å². The van der Waals surface area contributed by atoms with Gasteiger partial charge >= 0.3 is 0 Å². The van der Waals surface area contributed by atoms with Crippen LogP contribution in [0, 0.1) is 0 Å². The number of ether oxygens (including phenoxy) is 1. The van der Waals surface area contributed by atoms with Crippen LogP contribution in [-0.4, -0.2) is 18.1 Å². The lowest BCUT2D eigenvalue weighted by atomic mass is 10.0. The lowest BCUT2D eigenvalue weighted by Crippen LogP contribution is -2.02. The fourth-order valence-corrected chi connectivity index (χ4v) is 3.43. The molecule has 0 unspecified atom stereocenters. The second kappa shape index (κ2) is 9.59. The summed E-state index contributed by atoms with van der Waals surface area (Å²) in [6, 6.07) is 11.0. The summed E-state index contributed by atoms with van der Waals surface area (Å²) in [7, 11) is -4.44. The molecule has 0 spiro atoms. The minimum atomic E-state index is -4.44. The van der Waals surface area contributed by atoms with Gasteiger partial charge in [-0.3, -0.25) is 4.55 Å². The van der Waals surface area contributed by atoms with Gasteiger partial charge in [-0.2, -0.15) is 8.42 Å². The fraction of sp³-hybridized carbons (Fsp3) is 0.400. The number of phenolic OH excluding ortho intramolecular Hbond substituents is 1. The van der Waals surface area contributed by atoms with E-state index in [4.69, 9.17) is 4.74 Å².